The third-order valence-electron chi connectivity index (χ3n) is 12.9. The van der Waals surface area contributed by atoms with Crippen molar-refractivity contribution in [2.24, 2.45) is 11.8 Å². The average molecular weight is 850 g/mol. The topological polar surface area (TPSA) is 91.4 Å². The quantitative estimate of drug-likeness (QED) is 0.0340. The van der Waals surface area contributed by atoms with Gasteiger partial charge in [0.1, 0.15) is 12.7 Å². The van der Waals surface area contributed by atoms with E-state index in [4.69, 9.17) is 18.9 Å². The lowest BCUT2D eigenvalue weighted by Crippen LogP contribution is -2.35. The number of carbonyl (C=O) groups is 3. The maximum absolute atomic E-state index is 12.9. The largest absolute Gasteiger partial charge is 0.466 e. The first-order valence-electron chi connectivity index (χ1n) is 26.1. The van der Waals surface area contributed by atoms with E-state index < -0.39 is 0 Å². The summed E-state index contributed by atoms with van der Waals surface area (Å²) in [5.74, 6) is 1.04. The van der Waals surface area contributed by atoms with E-state index in [1.54, 1.807) is 0 Å². The van der Waals surface area contributed by atoms with Gasteiger partial charge in [-0.3, -0.25) is 9.59 Å². The van der Waals surface area contributed by atoms with Crippen LogP contribution in [0.1, 0.15) is 252 Å². The zero-order valence-electron chi connectivity index (χ0n) is 40.4. The molecule has 2 unspecified atom stereocenters. The first-order chi connectivity index (χ1) is 29.3. The molecule has 0 amide bonds. The summed E-state index contributed by atoms with van der Waals surface area (Å²) >= 11 is 0. The van der Waals surface area contributed by atoms with E-state index in [1.165, 1.54) is 109 Å². The van der Waals surface area contributed by atoms with Gasteiger partial charge in [-0.05, 0) is 83.1 Å². The van der Waals surface area contributed by atoms with Gasteiger partial charge in [-0.1, -0.05) is 175 Å². The Hall–Kier alpha value is -1.67. The molecule has 60 heavy (non-hydrogen) atoms. The van der Waals surface area contributed by atoms with Gasteiger partial charge in [0, 0.05) is 25.9 Å². The molecular weight excluding hydrogens is 751 g/mol. The van der Waals surface area contributed by atoms with E-state index in [1.807, 2.05) is 0 Å². The molecule has 0 aliphatic carbocycles. The zero-order chi connectivity index (χ0) is 43.7. The maximum Gasteiger partial charge on any atom is 0.332 e. The van der Waals surface area contributed by atoms with E-state index in [-0.39, 0.29) is 36.7 Å². The van der Waals surface area contributed by atoms with Crippen LogP contribution in [0.5, 0.6) is 0 Å². The lowest BCUT2D eigenvalue weighted by Gasteiger charge is -2.28. The van der Waals surface area contributed by atoms with Crippen molar-refractivity contribution in [1.82, 2.24) is 4.90 Å². The van der Waals surface area contributed by atoms with Crippen LogP contribution in [0.4, 0.5) is 0 Å². The molecule has 1 saturated heterocycles. The van der Waals surface area contributed by atoms with Crippen molar-refractivity contribution in [3.8, 4) is 0 Å². The van der Waals surface area contributed by atoms with E-state index in [0.29, 0.717) is 37.9 Å². The highest BCUT2D eigenvalue weighted by molar-refractivity contribution is 5.71. The number of hydrogen-bond donors (Lipinski definition) is 0. The molecule has 354 valence electrons. The summed E-state index contributed by atoms with van der Waals surface area (Å²) in [6, 6.07) is 0. The third-order valence-corrected chi connectivity index (χ3v) is 12.9. The van der Waals surface area contributed by atoms with Gasteiger partial charge in [0.25, 0.3) is 0 Å². The Labute approximate surface area is 371 Å². The normalized spacial score (nSPS) is 14.7. The van der Waals surface area contributed by atoms with Crippen LogP contribution in [0.25, 0.3) is 0 Å². The molecule has 0 aromatic carbocycles. The Morgan fingerprint density at radius 1 is 0.467 bits per heavy atom. The fourth-order valence-electron chi connectivity index (χ4n) is 8.76. The Balaban J connectivity index is 2.34. The Bertz CT molecular complexity index is 973. The molecule has 1 heterocycles. The second kappa shape index (κ2) is 41.3. The summed E-state index contributed by atoms with van der Waals surface area (Å²) in [6.45, 7) is 12.2. The monoisotopic (exact) mass is 850 g/mol. The molecule has 2 atom stereocenters. The summed E-state index contributed by atoms with van der Waals surface area (Å²) in [5.41, 5.74) is 0. The van der Waals surface area contributed by atoms with Crippen LogP contribution in [0.15, 0.2) is 0 Å². The number of likely N-dealkylation sites (tertiary alicyclic amines) is 1. The van der Waals surface area contributed by atoms with Gasteiger partial charge in [0.2, 0.25) is 0 Å². The predicted octanol–water partition coefficient (Wildman–Crippen LogP) is 14.3. The number of ether oxygens (including phenoxy) is 4. The maximum atomic E-state index is 12.9. The highest BCUT2D eigenvalue weighted by Crippen LogP contribution is 2.23. The number of piperidine rings is 1. The van der Waals surface area contributed by atoms with Gasteiger partial charge in [-0.15, -0.1) is 0 Å². The van der Waals surface area contributed by atoms with Gasteiger partial charge < -0.3 is 23.8 Å². The Morgan fingerprint density at radius 3 is 1.28 bits per heavy atom. The third kappa shape index (κ3) is 34.9. The predicted molar refractivity (Wildman–Crippen MR) is 250 cm³/mol. The molecule has 0 aromatic heterocycles. The highest BCUT2D eigenvalue weighted by Gasteiger charge is 2.20. The minimum Gasteiger partial charge on any atom is -0.466 e. The first kappa shape index (κ1) is 56.3. The van der Waals surface area contributed by atoms with Crippen molar-refractivity contribution in [2.45, 2.75) is 265 Å². The summed E-state index contributed by atoms with van der Waals surface area (Å²) in [4.78, 5) is 40.1. The minimum absolute atomic E-state index is 0.0356. The van der Waals surface area contributed by atoms with Crippen molar-refractivity contribution < 1.29 is 33.3 Å². The zero-order valence-corrected chi connectivity index (χ0v) is 40.4. The molecule has 8 nitrogen and oxygen atoms in total. The molecule has 0 aromatic rings. The summed E-state index contributed by atoms with van der Waals surface area (Å²) < 4.78 is 23.3. The molecule has 0 N–H and O–H groups in total. The Kier molecular flexibility index (Phi) is 38.8. The second-order valence-electron chi connectivity index (χ2n) is 18.6. The van der Waals surface area contributed by atoms with Gasteiger partial charge in [0.05, 0.1) is 19.3 Å². The van der Waals surface area contributed by atoms with Crippen LogP contribution in [-0.4, -0.2) is 75.0 Å². The molecule has 1 rings (SSSR count). The summed E-state index contributed by atoms with van der Waals surface area (Å²) in [6.07, 6.45) is 38.6. The van der Waals surface area contributed by atoms with Crippen LogP contribution in [0, 0.1) is 11.8 Å². The molecular formula is C52H99NO7. The van der Waals surface area contributed by atoms with Crippen molar-refractivity contribution in [3.63, 3.8) is 0 Å². The number of rotatable bonds is 43. The standard InChI is InChI=1S/C52H99NO7/c1-6-10-14-24-32-47(31-23-13-9-4)40-44-58-51(55)36-28-20-16-18-26-34-49(60-52(56)45-59-48-37-41-53(5)42-38-48)33-25-17-15-19-27-35-50(54)57-43-39-46(29-21-11-7-2)30-22-12-8-3/h46-49H,6-45H2,1-5H3. The molecule has 1 aliphatic rings. The molecule has 1 fully saturated rings. The van der Waals surface area contributed by atoms with Crippen molar-refractivity contribution in [1.29, 1.82) is 0 Å². The van der Waals surface area contributed by atoms with Crippen LogP contribution in [-0.2, 0) is 33.3 Å². The summed E-state index contributed by atoms with van der Waals surface area (Å²) in [5, 5.41) is 0. The lowest BCUT2D eigenvalue weighted by atomic mass is 9.92. The Morgan fingerprint density at radius 2 is 0.833 bits per heavy atom. The average Bonchev–Trinajstić information content (AvgIpc) is 3.24. The van der Waals surface area contributed by atoms with Crippen molar-refractivity contribution >= 4 is 17.9 Å². The van der Waals surface area contributed by atoms with Gasteiger partial charge in [0.15, 0.2) is 0 Å². The number of unbranched alkanes of at least 4 members (excludes halogenated alkanes) is 17. The fourth-order valence-corrected chi connectivity index (χ4v) is 8.76. The lowest BCUT2D eigenvalue weighted by molar-refractivity contribution is -0.158. The second-order valence-corrected chi connectivity index (χ2v) is 18.6. The highest BCUT2D eigenvalue weighted by atomic mass is 16.6. The van der Waals surface area contributed by atoms with E-state index >= 15 is 0 Å². The van der Waals surface area contributed by atoms with Crippen LogP contribution in [0.3, 0.4) is 0 Å². The van der Waals surface area contributed by atoms with Crippen LogP contribution >= 0.6 is 0 Å². The molecule has 0 saturated carbocycles. The van der Waals surface area contributed by atoms with Gasteiger partial charge in [-0.2, -0.15) is 0 Å². The fraction of sp³-hybridized carbons (Fsp3) is 0.942. The van der Waals surface area contributed by atoms with Gasteiger partial charge in [-0.25, -0.2) is 4.79 Å². The van der Waals surface area contributed by atoms with E-state index in [2.05, 4.69) is 39.6 Å². The van der Waals surface area contributed by atoms with E-state index in [0.717, 1.165) is 116 Å². The number of hydrogen-bond acceptors (Lipinski definition) is 8. The number of nitrogens with zero attached hydrogens (tertiary/aromatic N) is 1. The van der Waals surface area contributed by atoms with Crippen LogP contribution < -0.4 is 0 Å². The molecule has 0 radical (unpaired) electrons. The smallest absolute Gasteiger partial charge is 0.332 e. The van der Waals surface area contributed by atoms with E-state index in [9.17, 15) is 14.4 Å². The number of carbonyl (C=O) groups excluding carboxylic acids is 3. The first-order valence-corrected chi connectivity index (χ1v) is 26.1. The minimum atomic E-state index is -0.243. The van der Waals surface area contributed by atoms with Gasteiger partial charge >= 0.3 is 17.9 Å². The number of esters is 3. The SMILES string of the molecule is CCCCCCC(CCCCC)CCOC(=O)CCCCCCCC(CCCCCCCC(=O)OCCC(CCCCC)CCCCC)OC(=O)COC1CCN(C)CC1. The van der Waals surface area contributed by atoms with Crippen molar-refractivity contribution in [3.05, 3.63) is 0 Å². The van der Waals surface area contributed by atoms with Crippen molar-refractivity contribution in [2.75, 3.05) is 40.0 Å². The van der Waals surface area contributed by atoms with Crippen LogP contribution in [0.2, 0.25) is 0 Å². The summed E-state index contributed by atoms with van der Waals surface area (Å²) in [7, 11) is 2.13. The molecule has 1 aliphatic heterocycles. The molecule has 8 heteroatoms. The molecule has 0 bridgehead atoms. The molecule has 0 spiro atoms.